The highest BCUT2D eigenvalue weighted by Crippen LogP contribution is 2.14. The minimum atomic E-state index is -3.45. The van der Waals surface area contributed by atoms with Gasteiger partial charge in [0.1, 0.15) is 0 Å². The summed E-state index contributed by atoms with van der Waals surface area (Å²) in [4.78, 5) is 13.0. The van der Waals surface area contributed by atoms with E-state index in [1.807, 2.05) is 17.5 Å². The van der Waals surface area contributed by atoms with Crippen molar-refractivity contribution in [1.29, 1.82) is 0 Å². The summed E-state index contributed by atoms with van der Waals surface area (Å²) in [6.45, 7) is 1.75. The molecule has 1 aromatic heterocycles. The number of carbonyl (C=O) groups is 1. The number of sulfonamides is 1. The number of rotatable bonds is 6. The van der Waals surface area contributed by atoms with Crippen molar-refractivity contribution in [1.82, 2.24) is 9.73 Å². The van der Waals surface area contributed by atoms with Crippen LogP contribution in [0.2, 0.25) is 0 Å². The molecule has 0 saturated carbocycles. The highest BCUT2D eigenvalue weighted by molar-refractivity contribution is 7.89. The highest BCUT2D eigenvalue weighted by atomic mass is 32.2. The molecule has 1 N–H and O–H groups in total. The first-order valence-electron chi connectivity index (χ1n) is 7.19. The summed E-state index contributed by atoms with van der Waals surface area (Å²) >= 11 is 1.52. The van der Waals surface area contributed by atoms with Crippen LogP contribution < -0.4 is 5.43 Å². The van der Waals surface area contributed by atoms with Crippen molar-refractivity contribution in [2.45, 2.75) is 18.2 Å². The van der Waals surface area contributed by atoms with Gasteiger partial charge in [0.2, 0.25) is 15.9 Å². The Bertz CT molecular complexity index is 824. The maximum Gasteiger partial charge on any atom is 0.245 e. The molecule has 0 aliphatic carbocycles. The Hall–Kier alpha value is -2.03. The zero-order valence-corrected chi connectivity index (χ0v) is 15.3. The maximum absolute atomic E-state index is 12.0. The Morgan fingerprint density at radius 1 is 1.21 bits per heavy atom. The Morgan fingerprint density at radius 3 is 2.42 bits per heavy atom. The molecule has 0 aliphatic heterocycles. The van der Waals surface area contributed by atoms with Crippen LogP contribution in [0.25, 0.3) is 0 Å². The van der Waals surface area contributed by atoms with Crippen molar-refractivity contribution in [2.24, 2.45) is 5.10 Å². The molecular formula is C16H19N3O3S2. The molecule has 1 heterocycles. The largest absolute Gasteiger partial charge is 0.273 e. The van der Waals surface area contributed by atoms with Crippen LogP contribution in [0.5, 0.6) is 0 Å². The first-order chi connectivity index (χ1) is 11.3. The van der Waals surface area contributed by atoms with Gasteiger partial charge in [-0.25, -0.2) is 18.1 Å². The summed E-state index contributed by atoms with van der Waals surface area (Å²) in [6.07, 6.45) is 0.286. The van der Waals surface area contributed by atoms with E-state index in [0.29, 0.717) is 5.71 Å². The normalized spacial score (nSPS) is 12.4. The van der Waals surface area contributed by atoms with Crippen molar-refractivity contribution in [3.05, 3.63) is 52.2 Å². The Balaban J connectivity index is 2.04. The Morgan fingerprint density at radius 2 is 1.88 bits per heavy atom. The monoisotopic (exact) mass is 365 g/mol. The third-order valence-corrected chi connectivity index (χ3v) is 6.02. The molecule has 6 nitrogen and oxygen atoms in total. The molecule has 0 unspecified atom stereocenters. The van der Waals surface area contributed by atoms with Crippen LogP contribution in [0, 0.1) is 0 Å². The molecule has 0 spiro atoms. The second-order valence-electron chi connectivity index (χ2n) is 5.30. The molecule has 8 heteroatoms. The molecule has 2 rings (SSSR count). The van der Waals surface area contributed by atoms with Gasteiger partial charge in [-0.3, -0.25) is 4.79 Å². The number of thiophene rings is 1. The molecule has 24 heavy (non-hydrogen) atoms. The van der Waals surface area contributed by atoms with Gasteiger partial charge in [0.25, 0.3) is 0 Å². The average molecular weight is 365 g/mol. The summed E-state index contributed by atoms with van der Waals surface area (Å²) in [7, 11) is -0.479. The Labute approximate surface area is 145 Å². The first kappa shape index (κ1) is 18.3. The van der Waals surface area contributed by atoms with Crippen LogP contribution in [-0.2, 0) is 21.2 Å². The second kappa shape index (κ2) is 7.69. The van der Waals surface area contributed by atoms with Crippen LogP contribution in [0.1, 0.15) is 17.4 Å². The third-order valence-electron chi connectivity index (χ3n) is 3.31. The molecular weight excluding hydrogens is 346 g/mol. The minimum absolute atomic E-state index is 0.191. The summed E-state index contributed by atoms with van der Waals surface area (Å²) in [5.74, 6) is -0.191. The number of hydrazone groups is 1. The predicted molar refractivity (Wildman–Crippen MR) is 95.7 cm³/mol. The fourth-order valence-electron chi connectivity index (χ4n) is 1.90. The lowest BCUT2D eigenvalue weighted by Crippen LogP contribution is -2.22. The number of nitrogens with zero attached hydrogens (tertiary/aromatic N) is 2. The van der Waals surface area contributed by atoms with E-state index in [0.717, 1.165) is 14.7 Å². The fraction of sp³-hybridized carbons (Fsp3) is 0.250. The van der Waals surface area contributed by atoms with E-state index < -0.39 is 10.0 Å². The zero-order valence-electron chi connectivity index (χ0n) is 13.7. The molecule has 2 aromatic rings. The molecule has 0 bridgehead atoms. The number of amides is 1. The molecule has 1 aromatic carbocycles. The molecule has 0 radical (unpaired) electrons. The minimum Gasteiger partial charge on any atom is -0.273 e. The van der Waals surface area contributed by atoms with Gasteiger partial charge in [-0.05, 0) is 36.1 Å². The summed E-state index contributed by atoms with van der Waals surface area (Å²) < 4.78 is 25.2. The number of carbonyl (C=O) groups excluding carboxylic acids is 1. The van der Waals surface area contributed by atoms with Crippen LogP contribution >= 0.6 is 11.3 Å². The lowest BCUT2D eigenvalue weighted by Gasteiger charge is -2.11. The standard InChI is InChI=1S/C16H19N3O3S2/c1-12(17-18-16(20)11-14-5-4-10-23-14)13-6-8-15(9-7-13)24(21,22)19(2)3/h4-10H,11H2,1-3H3,(H,18,20)/b17-12+. The number of benzene rings is 1. The van der Waals surface area contributed by atoms with Gasteiger partial charge in [0.15, 0.2) is 0 Å². The lowest BCUT2D eigenvalue weighted by molar-refractivity contribution is -0.120. The van der Waals surface area contributed by atoms with E-state index in [2.05, 4.69) is 10.5 Å². The molecule has 0 saturated heterocycles. The zero-order chi connectivity index (χ0) is 17.7. The van der Waals surface area contributed by atoms with E-state index >= 15 is 0 Å². The van der Waals surface area contributed by atoms with Gasteiger partial charge in [-0.1, -0.05) is 18.2 Å². The number of nitrogens with one attached hydrogen (secondary N) is 1. The molecule has 0 atom stereocenters. The van der Waals surface area contributed by atoms with E-state index in [4.69, 9.17) is 0 Å². The molecule has 0 aliphatic rings. The van der Waals surface area contributed by atoms with Crippen LogP contribution in [0.15, 0.2) is 51.8 Å². The van der Waals surface area contributed by atoms with Crippen molar-refractivity contribution in [3.63, 3.8) is 0 Å². The maximum atomic E-state index is 12.0. The third kappa shape index (κ3) is 4.50. The van der Waals surface area contributed by atoms with Crippen molar-refractivity contribution in [2.75, 3.05) is 14.1 Å². The van der Waals surface area contributed by atoms with E-state index in [9.17, 15) is 13.2 Å². The van der Waals surface area contributed by atoms with Crippen molar-refractivity contribution in [3.8, 4) is 0 Å². The van der Waals surface area contributed by atoms with Gasteiger partial charge in [0.05, 0.1) is 17.0 Å². The molecule has 128 valence electrons. The van der Waals surface area contributed by atoms with Gasteiger partial charge < -0.3 is 0 Å². The topological polar surface area (TPSA) is 78.8 Å². The Kier molecular flexibility index (Phi) is 5.87. The van der Waals surface area contributed by atoms with Gasteiger partial charge >= 0.3 is 0 Å². The quantitative estimate of drug-likeness (QED) is 0.629. The van der Waals surface area contributed by atoms with Crippen molar-refractivity contribution >= 4 is 33.0 Å². The smallest absolute Gasteiger partial charge is 0.245 e. The van der Waals surface area contributed by atoms with Gasteiger partial charge in [-0.2, -0.15) is 5.10 Å². The molecule has 0 fully saturated rings. The van der Waals surface area contributed by atoms with E-state index in [-0.39, 0.29) is 17.2 Å². The predicted octanol–water partition coefficient (Wildman–Crippen LogP) is 2.08. The van der Waals surface area contributed by atoms with Crippen LogP contribution in [-0.4, -0.2) is 38.4 Å². The summed E-state index contributed by atoms with van der Waals surface area (Å²) in [6, 6.07) is 10.2. The number of hydrogen-bond donors (Lipinski definition) is 1. The summed E-state index contributed by atoms with van der Waals surface area (Å²) in [5.41, 5.74) is 3.85. The number of hydrogen-bond acceptors (Lipinski definition) is 5. The van der Waals surface area contributed by atoms with Crippen LogP contribution in [0.4, 0.5) is 0 Å². The van der Waals surface area contributed by atoms with Crippen molar-refractivity contribution < 1.29 is 13.2 Å². The first-order valence-corrected chi connectivity index (χ1v) is 9.51. The molecule has 1 amide bonds. The van der Waals surface area contributed by atoms with Gasteiger partial charge in [-0.15, -0.1) is 11.3 Å². The highest BCUT2D eigenvalue weighted by Gasteiger charge is 2.16. The van der Waals surface area contributed by atoms with E-state index in [1.165, 1.54) is 37.6 Å². The second-order valence-corrected chi connectivity index (χ2v) is 8.48. The van der Waals surface area contributed by atoms with E-state index in [1.54, 1.807) is 19.1 Å². The fourth-order valence-corrected chi connectivity index (χ4v) is 3.51. The summed E-state index contributed by atoms with van der Waals surface area (Å²) in [5, 5.41) is 5.98. The lowest BCUT2D eigenvalue weighted by atomic mass is 10.1. The SMILES string of the molecule is C/C(=N\NC(=O)Cc1cccs1)c1ccc(S(=O)(=O)N(C)C)cc1. The van der Waals surface area contributed by atoms with Crippen LogP contribution in [0.3, 0.4) is 0 Å². The van der Waals surface area contributed by atoms with Gasteiger partial charge in [0, 0.05) is 19.0 Å². The average Bonchev–Trinajstić information content (AvgIpc) is 3.05.